The molecule has 0 saturated carbocycles. The summed E-state index contributed by atoms with van der Waals surface area (Å²) in [5.74, 6) is -0.794. The van der Waals surface area contributed by atoms with Crippen molar-refractivity contribution in [3.63, 3.8) is 0 Å². The van der Waals surface area contributed by atoms with Gasteiger partial charge in [-0.1, -0.05) is 13.8 Å². The number of likely N-dealkylation sites (N-methyl/N-ethyl adjacent to an activating group) is 1. The minimum atomic E-state index is -0.399. The first kappa shape index (κ1) is 22.5. The van der Waals surface area contributed by atoms with Gasteiger partial charge in [0.2, 0.25) is 0 Å². The van der Waals surface area contributed by atoms with Crippen molar-refractivity contribution >= 4 is 56.4 Å². The van der Waals surface area contributed by atoms with Crippen LogP contribution in [0.15, 0.2) is 18.2 Å². The van der Waals surface area contributed by atoms with E-state index in [0.29, 0.717) is 28.4 Å². The van der Waals surface area contributed by atoms with Gasteiger partial charge in [-0.05, 0) is 78.2 Å². The van der Waals surface area contributed by atoms with E-state index in [-0.39, 0.29) is 29.0 Å². The number of anilines is 2. The Labute approximate surface area is 199 Å². The van der Waals surface area contributed by atoms with Crippen LogP contribution in [-0.2, 0) is 6.42 Å². The van der Waals surface area contributed by atoms with Crippen molar-refractivity contribution in [3.05, 3.63) is 43.6 Å². The second-order valence-electron chi connectivity index (χ2n) is 9.11. The second-order valence-corrected chi connectivity index (χ2v) is 11.4. The van der Waals surface area contributed by atoms with Gasteiger partial charge in [-0.2, -0.15) is 0 Å². The van der Waals surface area contributed by atoms with Crippen molar-refractivity contribution in [2.45, 2.75) is 32.7 Å². The fourth-order valence-corrected chi connectivity index (χ4v) is 5.71. The summed E-state index contributed by atoms with van der Waals surface area (Å²) in [5, 5.41) is 9.69. The van der Waals surface area contributed by atoms with E-state index >= 15 is 0 Å². The molecule has 166 valence electrons. The topological polar surface area (TPSA) is 73.5 Å². The highest BCUT2D eigenvalue weighted by Gasteiger charge is 2.35. The second kappa shape index (κ2) is 8.67. The van der Waals surface area contributed by atoms with Crippen molar-refractivity contribution in [3.8, 4) is 0 Å². The number of rotatable bonds is 4. The number of carbonyl (C=O) groups is 2. The minimum Gasteiger partial charge on any atom is -0.351 e. The average molecular weight is 556 g/mol. The predicted octanol–water partition coefficient (Wildman–Crippen LogP) is 3.98. The Bertz CT molecular complexity index is 1040. The molecule has 3 heterocycles. The SMILES string of the molecule is CN1CCC(NC(=O)c2c(Nc3ccc(I)cc3F)sc3c2CC(C)(C)CNC3=O)C1. The van der Waals surface area contributed by atoms with Gasteiger partial charge in [0.1, 0.15) is 10.8 Å². The highest BCUT2D eigenvalue weighted by molar-refractivity contribution is 14.1. The number of nitrogens with one attached hydrogen (secondary N) is 3. The quantitative estimate of drug-likeness (QED) is 0.499. The molecule has 4 rings (SSSR count). The molecule has 1 fully saturated rings. The normalized spacial score (nSPS) is 20.7. The molecular formula is C22H26FIN4O2S. The maximum Gasteiger partial charge on any atom is 0.261 e. The molecule has 0 spiro atoms. The number of hydrogen-bond donors (Lipinski definition) is 3. The van der Waals surface area contributed by atoms with Gasteiger partial charge in [0.05, 0.1) is 16.1 Å². The van der Waals surface area contributed by atoms with E-state index in [1.807, 2.05) is 7.05 Å². The van der Waals surface area contributed by atoms with Crippen LogP contribution in [0.25, 0.3) is 0 Å². The van der Waals surface area contributed by atoms with Crippen LogP contribution in [0, 0.1) is 14.8 Å². The Morgan fingerprint density at radius 3 is 2.84 bits per heavy atom. The smallest absolute Gasteiger partial charge is 0.261 e. The van der Waals surface area contributed by atoms with Gasteiger partial charge < -0.3 is 20.9 Å². The molecule has 3 N–H and O–H groups in total. The van der Waals surface area contributed by atoms with Crippen LogP contribution in [0.1, 0.15) is 45.9 Å². The lowest BCUT2D eigenvalue weighted by atomic mass is 9.85. The lowest BCUT2D eigenvalue weighted by Crippen LogP contribution is -2.37. The number of fused-ring (bicyclic) bond motifs is 1. The van der Waals surface area contributed by atoms with Crippen LogP contribution in [0.2, 0.25) is 0 Å². The number of amides is 2. The predicted molar refractivity (Wildman–Crippen MR) is 130 cm³/mol. The molecule has 6 nitrogen and oxygen atoms in total. The highest BCUT2D eigenvalue weighted by Crippen LogP contribution is 2.40. The summed E-state index contributed by atoms with van der Waals surface area (Å²) >= 11 is 3.27. The number of thiophene rings is 1. The van der Waals surface area contributed by atoms with Crippen LogP contribution in [0.3, 0.4) is 0 Å². The molecule has 9 heteroatoms. The molecule has 2 aliphatic rings. The Balaban J connectivity index is 1.75. The van der Waals surface area contributed by atoms with Crippen LogP contribution in [0.4, 0.5) is 15.1 Å². The largest absolute Gasteiger partial charge is 0.351 e. The number of nitrogens with zero attached hydrogens (tertiary/aromatic N) is 1. The molecule has 0 radical (unpaired) electrons. The van der Waals surface area contributed by atoms with E-state index in [9.17, 15) is 14.0 Å². The first-order chi connectivity index (χ1) is 14.6. The average Bonchev–Trinajstić information content (AvgIpc) is 3.22. The fourth-order valence-electron chi connectivity index (χ4n) is 4.11. The molecule has 1 aromatic carbocycles. The van der Waals surface area contributed by atoms with E-state index in [1.165, 1.54) is 17.4 Å². The fraction of sp³-hybridized carbons (Fsp3) is 0.455. The zero-order valence-electron chi connectivity index (χ0n) is 17.8. The molecule has 2 amide bonds. The number of hydrogen-bond acceptors (Lipinski definition) is 5. The standard InChI is InChI=1S/C22H26FIN4O2S/c1-22(2)9-14-17(19(29)26-13-6-7-28(3)10-13)21(31-18(14)20(30)25-11-22)27-16-5-4-12(24)8-15(16)23/h4-5,8,13,27H,6-7,9-11H2,1-3H3,(H,25,30)(H,26,29). The Kier molecular flexibility index (Phi) is 6.28. The molecule has 1 aromatic heterocycles. The third-order valence-corrected chi connectivity index (χ3v) is 7.55. The zero-order chi connectivity index (χ0) is 22.3. The summed E-state index contributed by atoms with van der Waals surface area (Å²) in [5.41, 5.74) is 1.28. The van der Waals surface area contributed by atoms with Crippen molar-refractivity contribution in [2.75, 3.05) is 32.0 Å². The highest BCUT2D eigenvalue weighted by atomic mass is 127. The first-order valence-electron chi connectivity index (χ1n) is 10.3. The first-order valence-corrected chi connectivity index (χ1v) is 12.2. The van der Waals surface area contributed by atoms with Crippen molar-refractivity contribution in [2.24, 2.45) is 5.41 Å². The van der Waals surface area contributed by atoms with E-state index in [2.05, 4.69) is 57.3 Å². The summed E-state index contributed by atoms with van der Waals surface area (Å²) in [4.78, 5) is 28.9. The lowest BCUT2D eigenvalue weighted by molar-refractivity contribution is 0.0936. The van der Waals surface area contributed by atoms with Crippen molar-refractivity contribution in [1.29, 1.82) is 0 Å². The number of halogens is 2. The van der Waals surface area contributed by atoms with Gasteiger partial charge in [-0.3, -0.25) is 9.59 Å². The van der Waals surface area contributed by atoms with E-state index in [1.54, 1.807) is 12.1 Å². The maximum atomic E-state index is 14.5. The Morgan fingerprint density at radius 1 is 1.39 bits per heavy atom. The van der Waals surface area contributed by atoms with Crippen LogP contribution in [0.5, 0.6) is 0 Å². The van der Waals surface area contributed by atoms with E-state index in [0.717, 1.165) is 28.6 Å². The number of carbonyl (C=O) groups excluding carboxylic acids is 2. The Morgan fingerprint density at radius 2 is 2.16 bits per heavy atom. The number of benzene rings is 1. The zero-order valence-corrected chi connectivity index (χ0v) is 20.7. The van der Waals surface area contributed by atoms with Gasteiger partial charge in [-0.25, -0.2) is 4.39 Å². The summed E-state index contributed by atoms with van der Waals surface area (Å²) < 4.78 is 15.3. The Hall–Kier alpha value is -1.72. The van der Waals surface area contributed by atoms with Crippen molar-refractivity contribution in [1.82, 2.24) is 15.5 Å². The summed E-state index contributed by atoms with van der Waals surface area (Å²) in [6.07, 6.45) is 1.47. The van der Waals surface area contributed by atoms with Gasteiger partial charge in [-0.15, -0.1) is 11.3 Å². The molecule has 2 aromatic rings. The van der Waals surface area contributed by atoms with Crippen LogP contribution >= 0.6 is 33.9 Å². The number of likely N-dealkylation sites (tertiary alicyclic amines) is 1. The molecule has 0 aliphatic carbocycles. The third kappa shape index (κ3) is 4.88. The van der Waals surface area contributed by atoms with Gasteiger partial charge in [0.25, 0.3) is 11.8 Å². The molecule has 31 heavy (non-hydrogen) atoms. The molecule has 1 unspecified atom stereocenters. The van der Waals surface area contributed by atoms with Gasteiger partial charge in [0.15, 0.2) is 0 Å². The molecular weight excluding hydrogens is 530 g/mol. The van der Waals surface area contributed by atoms with Crippen LogP contribution < -0.4 is 16.0 Å². The van der Waals surface area contributed by atoms with Gasteiger partial charge in [0, 0.05) is 22.7 Å². The van der Waals surface area contributed by atoms with Crippen molar-refractivity contribution < 1.29 is 14.0 Å². The molecule has 1 atom stereocenters. The van der Waals surface area contributed by atoms with E-state index in [4.69, 9.17) is 0 Å². The molecule has 0 bridgehead atoms. The third-order valence-electron chi connectivity index (χ3n) is 5.73. The lowest BCUT2D eigenvalue weighted by Gasteiger charge is -2.23. The summed E-state index contributed by atoms with van der Waals surface area (Å²) in [6, 6.07) is 4.95. The van der Waals surface area contributed by atoms with Crippen LogP contribution in [-0.4, -0.2) is 49.4 Å². The minimum absolute atomic E-state index is 0.0588. The monoisotopic (exact) mass is 556 g/mol. The molecule has 2 aliphatic heterocycles. The van der Waals surface area contributed by atoms with E-state index < -0.39 is 5.82 Å². The summed E-state index contributed by atoms with van der Waals surface area (Å²) in [6.45, 7) is 6.40. The van der Waals surface area contributed by atoms with Gasteiger partial charge >= 0.3 is 0 Å². The molecule has 1 saturated heterocycles. The maximum absolute atomic E-state index is 14.5. The summed E-state index contributed by atoms with van der Waals surface area (Å²) in [7, 11) is 2.03.